The lowest BCUT2D eigenvalue weighted by molar-refractivity contribution is -0.121. The Labute approximate surface area is 169 Å². The van der Waals surface area contributed by atoms with Crippen molar-refractivity contribution < 1.29 is 13.2 Å². The molecule has 0 fully saturated rings. The van der Waals surface area contributed by atoms with Crippen LogP contribution in [0, 0.1) is 0 Å². The van der Waals surface area contributed by atoms with E-state index in [1.807, 2.05) is 42.5 Å². The molecule has 1 unspecified atom stereocenters. The van der Waals surface area contributed by atoms with E-state index in [9.17, 15) is 13.2 Å². The highest BCUT2D eigenvalue weighted by Crippen LogP contribution is 2.21. The fourth-order valence-corrected chi connectivity index (χ4v) is 3.94. The Morgan fingerprint density at radius 1 is 1.00 bits per heavy atom. The van der Waals surface area contributed by atoms with E-state index in [1.54, 1.807) is 24.3 Å². The molecule has 0 aliphatic carbocycles. The highest BCUT2D eigenvalue weighted by Gasteiger charge is 2.20. The SMILES string of the molecule is CS(=O)(=O)NC(CC(=O)NCc1cccc2ccccc12)c1ccc(Cl)cc1. The van der Waals surface area contributed by atoms with Gasteiger partial charge in [0.2, 0.25) is 15.9 Å². The van der Waals surface area contributed by atoms with Gasteiger partial charge in [-0.2, -0.15) is 0 Å². The summed E-state index contributed by atoms with van der Waals surface area (Å²) in [5.74, 6) is -0.246. The van der Waals surface area contributed by atoms with Gasteiger partial charge in [0, 0.05) is 18.0 Å². The van der Waals surface area contributed by atoms with Crippen molar-refractivity contribution >= 4 is 38.3 Å². The minimum absolute atomic E-state index is 0.0144. The molecule has 3 aromatic rings. The number of rotatable bonds is 7. The summed E-state index contributed by atoms with van der Waals surface area (Å²) in [4.78, 5) is 12.5. The van der Waals surface area contributed by atoms with Crippen LogP contribution in [0.2, 0.25) is 5.02 Å². The van der Waals surface area contributed by atoms with Gasteiger partial charge in [-0.1, -0.05) is 66.2 Å². The van der Waals surface area contributed by atoms with Crippen LogP contribution in [0.15, 0.2) is 66.7 Å². The Hall–Kier alpha value is -2.41. The Bertz CT molecular complexity index is 1080. The average Bonchev–Trinajstić information content (AvgIpc) is 2.65. The lowest BCUT2D eigenvalue weighted by Crippen LogP contribution is -2.33. The number of carbonyl (C=O) groups excluding carboxylic acids is 1. The first kappa shape index (κ1) is 20.3. The van der Waals surface area contributed by atoms with Crippen LogP contribution >= 0.6 is 11.6 Å². The molecule has 0 bridgehead atoms. The maximum Gasteiger partial charge on any atom is 0.222 e. The summed E-state index contributed by atoms with van der Waals surface area (Å²) in [6.45, 7) is 0.367. The molecule has 0 aromatic heterocycles. The fourth-order valence-electron chi connectivity index (χ4n) is 3.08. The number of nitrogens with one attached hydrogen (secondary N) is 2. The molecule has 0 saturated heterocycles. The van der Waals surface area contributed by atoms with Gasteiger partial charge in [0.05, 0.1) is 12.3 Å². The number of hydrogen-bond donors (Lipinski definition) is 2. The van der Waals surface area contributed by atoms with E-state index in [1.165, 1.54) is 0 Å². The molecular formula is C21H21ClN2O3S. The molecule has 2 N–H and O–H groups in total. The van der Waals surface area contributed by atoms with Crippen LogP contribution in [0.5, 0.6) is 0 Å². The van der Waals surface area contributed by atoms with Gasteiger partial charge in [-0.25, -0.2) is 13.1 Å². The summed E-state index contributed by atoms with van der Waals surface area (Å²) in [5, 5.41) is 5.61. The zero-order chi connectivity index (χ0) is 20.1. The van der Waals surface area contributed by atoms with Crippen LogP contribution in [0.3, 0.4) is 0 Å². The maximum absolute atomic E-state index is 12.5. The normalized spacial score (nSPS) is 12.6. The highest BCUT2D eigenvalue weighted by atomic mass is 35.5. The molecule has 5 nitrogen and oxygen atoms in total. The van der Waals surface area contributed by atoms with Crippen molar-refractivity contribution in [2.24, 2.45) is 0 Å². The predicted molar refractivity (Wildman–Crippen MR) is 113 cm³/mol. The van der Waals surface area contributed by atoms with E-state index in [-0.39, 0.29) is 12.3 Å². The third kappa shape index (κ3) is 5.55. The van der Waals surface area contributed by atoms with Crippen LogP contribution in [-0.4, -0.2) is 20.6 Å². The van der Waals surface area contributed by atoms with E-state index >= 15 is 0 Å². The third-order valence-corrected chi connectivity index (χ3v) is 5.34. The van der Waals surface area contributed by atoms with Crippen LogP contribution in [0.25, 0.3) is 10.8 Å². The van der Waals surface area contributed by atoms with Crippen LogP contribution in [0.1, 0.15) is 23.6 Å². The standard InChI is InChI=1S/C21H21ClN2O3S/c1-28(26,27)24-20(16-9-11-18(22)12-10-16)13-21(25)23-14-17-7-4-6-15-5-2-3-8-19(15)17/h2-12,20,24H,13-14H2,1H3,(H,23,25). The maximum atomic E-state index is 12.5. The summed E-state index contributed by atoms with van der Waals surface area (Å²) in [7, 11) is -3.49. The van der Waals surface area contributed by atoms with Crippen molar-refractivity contribution in [1.82, 2.24) is 10.0 Å². The first-order chi connectivity index (χ1) is 13.3. The number of amides is 1. The number of sulfonamides is 1. The average molecular weight is 417 g/mol. The number of carbonyl (C=O) groups is 1. The lowest BCUT2D eigenvalue weighted by Gasteiger charge is -2.18. The Morgan fingerprint density at radius 3 is 2.39 bits per heavy atom. The summed E-state index contributed by atoms with van der Waals surface area (Å²) in [6, 6.07) is 20.0. The van der Waals surface area contributed by atoms with E-state index in [0.29, 0.717) is 17.1 Å². The van der Waals surface area contributed by atoms with Crippen molar-refractivity contribution in [2.45, 2.75) is 19.0 Å². The molecule has 3 rings (SSSR count). The summed E-state index contributed by atoms with van der Waals surface area (Å²) >= 11 is 5.90. The molecule has 0 heterocycles. The van der Waals surface area contributed by atoms with E-state index < -0.39 is 16.1 Å². The molecule has 0 aliphatic rings. The molecule has 0 radical (unpaired) electrons. The van der Waals surface area contributed by atoms with Crippen molar-refractivity contribution in [1.29, 1.82) is 0 Å². The third-order valence-electron chi connectivity index (χ3n) is 4.37. The van der Waals surface area contributed by atoms with Crippen LogP contribution in [0.4, 0.5) is 0 Å². The topological polar surface area (TPSA) is 75.3 Å². The van der Waals surface area contributed by atoms with Crippen LogP contribution < -0.4 is 10.0 Å². The van der Waals surface area contributed by atoms with Gasteiger partial charge in [-0.3, -0.25) is 4.79 Å². The molecule has 7 heteroatoms. The van der Waals surface area contributed by atoms with Gasteiger partial charge in [0.1, 0.15) is 0 Å². The molecule has 28 heavy (non-hydrogen) atoms. The second kappa shape index (κ2) is 8.73. The van der Waals surface area contributed by atoms with Crippen LogP contribution in [-0.2, 0) is 21.4 Å². The number of fused-ring (bicyclic) bond motifs is 1. The predicted octanol–water partition coefficient (Wildman–Crippen LogP) is 3.79. The molecular weight excluding hydrogens is 396 g/mol. The molecule has 0 saturated carbocycles. The Balaban J connectivity index is 1.72. The van der Waals surface area contributed by atoms with Gasteiger partial charge in [0.25, 0.3) is 0 Å². The second-order valence-electron chi connectivity index (χ2n) is 6.61. The van der Waals surface area contributed by atoms with Gasteiger partial charge in [-0.05, 0) is 34.0 Å². The summed E-state index contributed by atoms with van der Waals surface area (Å²) in [5.41, 5.74) is 1.68. The lowest BCUT2D eigenvalue weighted by atomic mass is 10.0. The van der Waals surface area contributed by atoms with Crippen molar-refractivity contribution in [3.63, 3.8) is 0 Å². The second-order valence-corrected chi connectivity index (χ2v) is 8.83. The zero-order valence-electron chi connectivity index (χ0n) is 15.4. The van der Waals surface area contributed by atoms with Crippen molar-refractivity contribution in [3.8, 4) is 0 Å². The highest BCUT2D eigenvalue weighted by molar-refractivity contribution is 7.88. The van der Waals surface area contributed by atoms with Gasteiger partial charge >= 0.3 is 0 Å². The molecule has 3 aromatic carbocycles. The Kier molecular flexibility index (Phi) is 6.34. The number of hydrogen-bond acceptors (Lipinski definition) is 3. The fraction of sp³-hybridized carbons (Fsp3) is 0.190. The van der Waals surface area contributed by atoms with Gasteiger partial charge in [0.15, 0.2) is 0 Å². The monoisotopic (exact) mass is 416 g/mol. The van der Waals surface area contributed by atoms with E-state index in [2.05, 4.69) is 10.0 Å². The Morgan fingerprint density at radius 2 is 1.68 bits per heavy atom. The number of benzene rings is 3. The van der Waals surface area contributed by atoms with Crippen molar-refractivity contribution in [2.75, 3.05) is 6.26 Å². The molecule has 1 atom stereocenters. The van der Waals surface area contributed by atoms with Crippen molar-refractivity contribution in [3.05, 3.63) is 82.9 Å². The first-order valence-electron chi connectivity index (χ1n) is 8.78. The molecule has 1 amide bonds. The van der Waals surface area contributed by atoms with Gasteiger partial charge in [-0.15, -0.1) is 0 Å². The minimum atomic E-state index is -3.49. The van der Waals surface area contributed by atoms with E-state index in [0.717, 1.165) is 22.6 Å². The quantitative estimate of drug-likeness (QED) is 0.615. The molecule has 146 valence electrons. The number of halogens is 1. The summed E-state index contributed by atoms with van der Waals surface area (Å²) in [6.07, 6.45) is 1.06. The molecule has 0 spiro atoms. The zero-order valence-corrected chi connectivity index (χ0v) is 16.9. The molecule has 0 aliphatic heterocycles. The van der Waals surface area contributed by atoms with E-state index in [4.69, 9.17) is 11.6 Å². The largest absolute Gasteiger partial charge is 0.352 e. The minimum Gasteiger partial charge on any atom is -0.352 e. The summed E-state index contributed by atoms with van der Waals surface area (Å²) < 4.78 is 26.0. The first-order valence-corrected chi connectivity index (χ1v) is 11.0. The van der Waals surface area contributed by atoms with Gasteiger partial charge < -0.3 is 5.32 Å². The smallest absolute Gasteiger partial charge is 0.222 e.